The van der Waals surface area contributed by atoms with Crippen LogP contribution in [0.3, 0.4) is 0 Å². The van der Waals surface area contributed by atoms with E-state index >= 15 is 0 Å². The largest absolute Gasteiger partial charge is 0.478 e. The topological polar surface area (TPSA) is 167 Å². The molecule has 0 aliphatic heterocycles. The van der Waals surface area contributed by atoms with Crippen molar-refractivity contribution in [3.63, 3.8) is 0 Å². The van der Waals surface area contributed by atoms with Crippen LogP contribution in [0.4, 0.5) is 11.4 Å². The molecule has 0 atom stereocenters. The highest BCUT2D eigenvalue weighted by Crippen LogP contribution is 2.22. The van der Waals surface area contributed by atoms with Gasteiger partial charge in [-0.05, 0) is 60.7 Å². The van der Waals surface area contributed by atoms with Crippen LogP contribution in [-0.2, 0) is 20.0 Å². The molecule has 3 rings (SSSR count). The number of sulfonamides is 2. The third kappa shape index (κ3) is 5.22. The Morgan fingerprint density at radius 3 is 1.25 bits per heavy atom. The van der Waals surface area contributed by atoms with E-state index in [2.05, 4.69) is 9.44 Å². The first kappa shape index (κ1) is 22.8. The highest BCUT2D eigenvalue weighted by molar-refractivity contribution is 7.93. The molecule has 0 bridgehead atoms. The zero-order valence-corrected chi connectivity index (χ0v) is 17.7. The molecular formula is C20H16N2O8S2. The Kier molecular flexibility index (Phi) is 6.18. The van der Waals surface area contributed by atoms with Crippen LogP contribution in [0.25, 0.3) is 0 Å². The quantitative estimate of drug-likeness (QED) is 0.385. The van der Waals surface area contributed by atoms with Crippen molar-refractivity contribution in [1.82, 2.24) is 0 Å². The minimum Gasteiger partial charge on any atom is -0.478 e. The Bertz CT molecular complexity index is 1290. The molecule has 166 valence electrons. The van der Waals surface area contributed by atoms with Crippen molar-refractivity contribution in [1.29, 1.82) is 0 Å². The molecule has 0 spiro atoms. The second kappa shape index (κ2) is 8.69. The van der Waals surface area contributed by atoms with E-state index in [1.165, 1.54) is 60.7 Å². The average molecular weight is 476 g/mol. The Hall–Kier alpha value is -3.90. The molecule has 0 aliphatic rings. The fourth-order valence-corrected chi connectivity index (χ4v) is 4.84. The zero-order valence-electron chi connectivity index (χ0n) is 16.1. The van der Waals surface area contributed by atoms with E-state index < -0.39 is 32.0 Å². The number of hydrogen-bond donors (Lipinski definition) is 4. The first-order valence-corrected chi connectivity index (χ1v) is 11.8. The van der Waals surface area contributed by atoms with Gasteiger partial charge in [0.05, 0.1) is 20.9 Å². The fourth-order valence-electron chi connectivity index (χ4n) is 2.63. The summed E-state index contributed by atoms with van der Waals surface area (Å²) in [6, 6.07) is 14.9. The van der Waals surface area contributed by atoms with Gasteiger partial charge in [0.2, 0.25) is 0 Å². The van der Waals surface area contributed by atoms with E-state index in [1.807, 2.05) is 0 Å². The van der Waals surface area contributed by atoms with Crippen LogP contribution in [0.1, 0.15) is 20.7 Å². The Morgan fingerprint density at radius 2 is 0.938 bits per heavy atom. The highest BCUT2D eigenvalue weighted by atomic mass is 32.2. The number of carbonyl (C=O) groups is 2. The molecule has 0 saturated carbocycles. The maximum absolute atomic E-state index is 12.5. The van der Waals surface area contributed by atoms with Crippen LogP contribution >= 0.6 is 0 Å². The summed E-state index contributed by atoms with van der Waals surface area (Å²) in [6.45, 7) is 0. The lowest BCUT2D eigenvalue weighted by Gasteiger charge is -2.11. The maximum Gasteiger partial charge on any atom is 0.335 e. The Morgan fingerprint density at radius 1 is 0.594 bits per heavy atom. The molecule has 0 saturated heterocycles. The molecule has 0 aromatic heterocycles. The van der Waals surface area contributed by atoms with Crippen LogP contribution in [0, 0.1) is 0 Å². The molecule has 10 nitrogen and oxygen atoms in total. The summed E-state index contributed by atoms with van der Waals surface area (Å²) in [7, 11) is -8.16. The SMILES string of the molecule is O=C(O)c1cccc(S(=O)(=O)Nc2ccc(NS(=O)(=O)c3cccc(C(=O)O)c3)cc2)c1. The third-order valence-electron chi connectivity index (χ3n) is 4.17. The van der Waals surface area contributed by atoms with Crippen molar-refractivity contribution >= 4 is 43.4 Å². The van der Waals surface area contributed by atoms with E-state index in [1.54, 1.807) is 0 Å². The second-order valence-electron chi connectivity index (χ2n) is 6.45. The number of carboxylic acid groups (broad SMARTS) is 2. The lowest BCUT2D eigenvalue weighted by Crippen LogP contribution is -2.15. The Balaban J connectivity index is 1.78. The summed E-state index contributed by atoms with van der Waals surface area (Å²) in [5.74, 6) is -2.54. The number of carboxylic acids is 2. The summed E-state index contributed by atoms with van der Waals surface area (Å²) >= 11 is 0. The summed E-state index contributed by atoms with van der Waals surface area (Å²) in [4.78, 5) is 21.6. The molecule has 0 unspecified atom stereocenters. The predicted octanol–water partition coefficient (Wildman–Crippen LogP) is 2.68. The molecule has 32 heavy (non-hydrogen) atoms. The summed E-state index contributed by atoms with van der Waals surface area (Å²) in [5, 5.41) is 18.0. The summed E-state index contributed by atoms with van der Waals surface area (Å²) < 4.78 is 54.6. The molecule has 0 heterocycles. The van der Waals surface area contributed by atoms with Gasteiger partial charge in [-0.2, -0.15) is 0 Å². The summed E-state index contributed by atoms with van der Waals surface area (Å²) in [5.41, 5.74) is -0.155. The van der Waals surface area contributed by atoms with Gasteiger partial charge >= 0.3 is 11.9 Å². The molecule has 0 fully saturated rings. The molecule has 0 aliphatic carbocycles. The minimum absolute atomic E-state index is 0.113. The van der Waals surface area contributed by atoms with Gasteiger partial charge in [0.25, 0.3) is 20.0 Å². The zero-order chi connectivity index (χ0) is 23.5. The predicted molar refractivity (Wildman–Crippen MR) is 115 cm³/mol. The lowest BCUT2D eigenvalue weighted by atomic mass is 10.2. The van der Waals surface area contributed by atoms with Crippen molar-refractivity contribution in [3.8, 4) is 0 Å². The van der Waals surface area contributed by atoms with Crippen molar-refractivity contribution in [2.24, 2.45) is 0 Å². The third-order valence-corrected chi connectivity index (χ3v) is 6.93. The number of benzene rings is 3. The minimum atomic E-state index is -4.08. The molecule has 0 radical (unpaired) electrons. The number of aromatic carboxylic acids is 2. The van der Waals surface area contributed by atoms with Crippen molar-refractivity contribution < 1.29 is 36.6 Å². The fraction of sp³-hybridized carbons (Fsp3) is 0. The van der Waals surface area contributed by atoms with Gasteiger partial charge in [0.1, 0.15) is 0 Å². The highest BCUT2D eigenvalue weighted by Gasteiger charge is 2.18. The number of nitrogens with one attached hydrogen (secondary N) is 2. The van der Waals surface area contributed by atoms with Gasteiger partial charge in [0, 0.05) is 11.4 Å². The smallest absolute Gasteiger partial charge is 0.335 e. The van der Waals surface area contributed by atoms with Crippen molar-refractivity contribution in [2.75, 3.05) is 9.44 Å². The molecule has 3 aromatic carbocycles. The van der Waals surface area contributed by atoms with E-state index in [0.717, 1.165) is 12.1 Å². The van der Waals surface area contributed by atoms with Crippen LogP contribution in [0.5, 0.6) is 0 Å². The van der Waals surface area contributed by atoms with Gasteiger partial charge < -0.3 is 10.2 Å². The number of anilines is 2. The van der Waals surface area contributed by atoms with Crippen molar-refractivity contribution in [2.45, 2.75) is 9.79 Å². The van der Waals surface area contributed by atoms with E-state index in [4.69, 9.17) is 10.2 Å². The molecule has 12 heteroatoms. The molecule has 0 amide bonds. The monoisotopic (exact) mass is 476 g/mol. The van der Waals surface area contributed by atoms with Crippen LogP contribution in [0.15, 0.2) is 82.6 Å². The number of rotatable bonds is 8. The standard InChI is InChI=1S/C20H16N2O8S2/c23-19(24)13-3-1-5-17(11-13)31(27,28)21-15-7-9-16(10-8-15)22-32(29,30)18-6-2-4-14(12-18)20(25)26/h1-12,21-22H,(H,23,24)(H,25,26). The van der Waals surface area contributed by atoms with Crippen LogP contribution in [-0.4, -0.2) is 39.0 Å². The summed E-state index contributed by atoms with van der Waals surface area (Å²) in [6.07, 6.45) is 0. The first-order chi connectivity index (χ1) is 15.0. The normalized spacial score (nSPS) is 11.5. The van der Waals surface area contributed by atoms with E-state index in [9.17, 15) is 26.4 Å². The van der Waals surface area contributed by atoms with Crippen molar-refractivity contribution in [3.05, 3.63) is 83.9 Å². The van der Waals surface area contributed by atoms with Gasteiger partial charge in [-0.25, -0.2) is 26.4 Å². The van der Waals surface area contributed by atoms with Crippen LogP contribution in [0.2, 0.25) is 0 Å². The number of hydrogen-bond acceptors (Lipinski definition) is 6. The Labute approximate surface area is 183 Å². The van der Waals surface area contributed by atoms with E-state index in [-0.39, 0.29) is 32.3 Å². The van der Waals surface area contributed by atoms with Gasteiger partial charge in [-0.15, -0.1) is 0 Å². The first-order valence-electron chi connectivity index (χ1n) is 8.80. The lowest BCUT2D eigenvalue weighted by molar-refractivity contribution is 0.0685. The maximum atomic E-state index is 12.5. The van der Waals surface area contributed by atoms with Gasteiger partial charge in [0.15, 0.2) is 0 Å². The molecular weight excluding hydrogens is 460 g/mol. The molecule has 3 aromatic rings. The average Bonchev–Trinajstić information content (AvgIpc) is 2.75. The van der Waals surface area contributed by atoms with Crippen LogP contribution < -0.4 is 9.44 Å². The molecule has 4 N–H and O–H groups in total. The second-order valence-corrected chi connectivity index (χ2v) is 9.82. The van der Waals surface area contributed by atoms with E-state index in [0.29, 0.717) is 0 Å². The van der Waals surface area contributed by atoms with Gasteiger partial charge in [-0.3, -0.25) is 9.44 Å². The van der Waals surface area contributed by atoms with Gasteiger partial charge in [-0.1, -0.05) is 12.1 Å².